The minimum absolute atomic E-state index is 0.399. The van der Waals surface area contributed by atoms with Crippen molar-refractivity contribution < 1.29 is 9.47 Å². The monoisotopic (exact) mass is 212 g/mol. The number of methoxy groups -OCH3 is 2. The molecule has 0 amide bonds. The van der Waals surface area contributed by atoms with E-state index in [9.17, 15) is 0 Å². The smallest absolute Gasteiger partial charge is 0.296 e. The molecule has 1 N–H and O–H groups in total. The summed E-state index contributed by atoms with van der Waals surface area (Å²) >= 11 is 0. The van der Waals surface area contributed by atoms with Crippen molar-refractivity contribution in [1.29, 1.82) is 0 Å². The van der Waals surface area contributed by atoms with E-state index in [-0.39, 0.29) is 0 Å². The van der Waals surface area contributed by atoms with Crippen molar-refractivity contribution in [3.8, 4) is 11.9 Å². The van der Waals surface area contributed by atoms with Crippen LogP contribution < -0.4 is 9.47 Å². The first-order valence-electron chi connectivity index (χ1n) is 5.26. The lowest BCUT2D eigenvalue weighted by Gasteiger charge is -2.12. The van der Waals surface area contributed by atoms with Gasteiger partial charge in [-0.05, 0) is 12.3 Å². The highest BCUT2D eigenvalue weighted by Gasteiger charge is 2.18. The molecule has 0 saturated carbocycles. The van der Waals surface area contributed by atoms with Crippen molar-refractivity contribution >= 4 is 0 Å². The van der Waals surface area contributed by atoms with E-state index < -0.39 is 0 Å². The van der Waals surface area contributed by atoms with Crippen molar-refractivity contribution in [3.63, 3.8) is 0 Å². The number of imidazole rings is 1. The van der Waals surface area contributed by atoms with Gasteiger partial charge in [-0.2, -0.15) is 4.98 Å². The number of rotatable bonds is 5. The Labute approximate surface area is 91.0 Å². The average Bonchev–Trinajstić information content (AvgIpc) is 2.59. The molecular weight excluding hydrogens is 192 g/mol. The standard InChI is InChI=1S/C11H20N2O2/c1-7(2)6-8(3)9-10(14-4)13-11(12-9)15-5/h7-8H,6H2,1-5H3,(H,12,13)/t8-/m0/s1. The molecule has 1 heterocycles. The lowest BCUT2D eigenvalue weighted by atomic mass is 9.96. The molecule has 1 rings (SSSR count). The van der Waals surface area contributed by atoms with Gasteiger partial charge in [0.15, 0.2) is 0 Å². The third kappa shape index (κ3) is 2.88. The fourth-order valence-corrected chi connectivity index (χ4v) is 1.76. The zero-order chi connectivity index (χ0) is 11.4. The summed E-state index contributed by atoms with van der Waals surface area (Å²) in [7, 11) is 3.22. The molecule has 0 spiro atoms. The van der Waals surface area contributed by atoms with Crippen LogP contribution in [-0.4, -0.2) is 24.2 Å². The molecule has 0 saturated heterocycles. The molecule has 0 aliphatic rings. The molecule has 0 fully saturated rings. The summed E-state index contributed by atoms with van der Waals surface area (Å²) in [4.78, 5) is 7.30. The van der Waals surface area contributed by atoms with E-state index >= 15 is 0 Å². The Balaban J connectivity index is 2.86. The molecule has 1 atom stereocenters. The van der Waals surface area contributed by atoms with Crippen LogP contribution in [0.1, 0.15) is 38.8 Å². The van der Waals surface area contributed by atoms with Gasteiger partial charge in [-0.1, -0.05) is 20.8 Å². The van der Waals surface area contributed by atoms with Crippen LogP contribution in [0.3, 0.4) is 0 Å². The lowest BCUT2D eigenvalue weighted by Crippen LogP contribution is -2.01. The maximum Gasteiger partial charge on any atom is 0.296 e. The van der Waals surface area contributed by atoms with Gasteiger partial charge in [-0.25, -0.2) is 0 Å². The highest BCUT2D eigenvalue weighted by molar-refractivity contribution is 5.26. The molecule has 0 unspecified atom stereocenters. The molecule has 1 aromatic heterocycles. The van der Waals surface area contributed by atoms with Crippen molar-refractivity contribution in [2.45, 2.75) is 33.1 Å². The molecule has 0 aromatic carbocycles. The molecule has 15 heavy (non-hydrogen) atoms. The van der Waals surface area contributed by atoms with Crippen LogP contribution in [0.5, 0.6) is 11.9 Å². The minimum atomic E-state index is 0.399. The summed E-state index contributed by atoms with van der Waals surface area (Å²) in [6.07, 6.45) is 1.10. The second kappa shape index (κ2) is 5.05. The van der Waals surface area contributed by atoms with Crippen molar-refractivity contribution in [2.75, 3.05) is 14.2 Å². The summed E-state index contributed by atoms with van der Waals surface area (Å²) in [5.74, 6) is 1.69. The van der Waals surface area contributed by atoms with E-state index in [1.54, 1.807) is 14.2 Å². The SMILES string of the molecule is COc1nc(OC)c([C@@H](C)CC(C)C)[nH]1. The Hall–Kier alpha value is -1.19. The molecule has 0 aliphatic heterocycles. The Morgan fingerprint density at radius 1 is 1.20 bits per heavy atom. The van der Waals surface area contributed by atoms with Crippen LogP contribution in [0, 0.1) is 5.92 Å². The van der Waals surface area contributed by atoms with E-state index in [1.807, 2.05) is 0 Å². The molecule has 0 bridgehead atoms. The van der Waals surface area contributed by atoms with Gasteiger partial charge in [0.25, 0.3) is 6.01 Å². The number of nitrogens with one attached hydrogen (secondary N) is 1. The molecule has 0 aliphatic carbocycles. The van der Waals surface area contributed by atoms with Gasteiger partial charge < -0.3 is 14.5 Å². The molecule has 1 aromatic rings. The molecule has 4 nitrogen and oxygen atoms in total. The van der Waals surface area contributed by atoms with Crippen molar-refractivity contribution in [2.24, 2.45) is 5.92 Å². The van der Waals surface area contributed by atoms with E-state index in [4.69, 9.17) is 9.47 Å². The number of nitrogens with zero attached hydrogens (tertiary/aromatic N) is 1. The fraction of sp³-hybridized carbons (Fsp3) is 0.727. The van der Waals surface area contributed by atoms with Gasteiger partial charge in [-0.15, -0.1) is 0 Å². The van der Waals surface area contributed by atoms with Crippen LogP contribution in [0.15, 0.2) is 0 Å². The minimum Gasteiger partial charge on any atom is -0.480 e. The predicted molar refractivity (Wildman–Crippen MR) is 59.6 cm³/mol. The quantitative estimate of drug-likeness (QED) is 0.816. The van der Waals surface area contributed by atoms with Gasteiger partial charge in [0.05, 0.1) is 19.9 Å². The maximum atomic E-state index is 5.21. The first-order valence-corrected chi connectivity index (χ1v) is 5.26. The number of ether oxygens (including phenoxy) is 2. The van der Waals surface area contributed by atoms with Gasteiger partial charge in [0.2, 0.25) is 5.88 Å². The van der Waals surface area contributed by atoms with E-state index in [1.165, 1.54) is 0 Å². The number of aromatic nitrogens is 2. The zero-order valence-corrected chi connectivity index (χ0v) is 10.1. The molecule has 86 valence electrons. The Morgan fingerprint density at radius 2 is 1.87 bits per heavy atom. The zero-order valence-electron chi connectivity index (χ0n) is 10.1. The van der Waals surface area contributed by atoms with E-state index in [0.717, 1.165) is 12.1 Å². The highest BCUT2D eigenvalue weighted by Crippen LogP contribution is 2.30. The molecular formula is C11H20N2O2. The average molecular weight is 212 g/mol. The van der Waals surface area contributed by atoms with Crippen LogP contribution >= 0.6 is 0 Å². The predicted octanol–water partition coefficient (Wildman–Crippen LogP) is 2.58. The summed E-state index contributed by atoms with van der Waals surface area (Å²) in [6.45, 7) is 6.57. The van der Waals surface area contributed by atoms with Crippen LogP contribution in [0.4, 0.5) is 0 Å². The van der Waals surface area contributed by atoms with Gasteiger partial charge in [0, 0.05) is 5.92 Å². The Kier molecular flexibility index (Phi) is 4.00. The first-order chi connectivity index (χ1) is 7.08. The van der Waals surface area contributed by atoms with Crippen LogP contribution in [0.2, 0.25) is 0 Å². The Morgan fingerprint density at radius 3 is 2.33 bits per heavy atom. The summed E-state index contributed by atoms with van der Waals surface area (Å²) in [5.41, 5.74) is 1.02. The van der Waals surface area contributed by atoms with Gasteiger partial charge in [-0.3, -0.25) is 0 Å². The largest absolute Gasteiger partial charge is 0.480 e. The number of hydrogen-bond acceptors (Lipinski definition) is 3. The third-order valence-corrected chi connectivity index (χ3v) is 2.38. The maximum absolute atomic E-state index is 5.21. The van der Waals surface area contributed by atoms with E-state index in [2.05, 4.69) is 30.7 Å². The van der Waals surface area contributed by atoms with Crippen molar-refractivity contribution in [3.05, 3.63) is 5.69 Å². The van der Waals surface area contributed by atoms with Gasteiger partial charge >= 0.3 is 0 Å². The van der Waals surface area contributed by atoms with Crippen molar-refractivity contribution in [1.82, 2.24) is 9.97 Å². The molecule has 4 heteroatoms. The van der Waals surface area contributed by atoms with Crippen LogP contribution in [-0.2, 0) is 0 Å². The first kappa shape index (κ1) is 11.9. The van der Waals surface area contributed by atoms with Crippen LogP contribution in [0.25, 0.3) is 0 Å². The lowest BCUT2D eigenvalue weighted by molar-refractivity contribution is 0.367. The topological polar surface area (TPSA) is 47.1 Å². The van der Waals surface area contributed by atoms with Gasteiger partial charge in [0.1, 0.15) is 0 Å². The second-order valence-corrected chi connectivity index (χ2v) is 4.20. The summed E-state index contributed by atoms with van der Waals surface area (Å²) in [5, 5.41) is 0. The Bertz CT molecular complexity index is 308. The fourth-order valence-electron chi connectivity index (χ4n) is 1.76. The van der Waals surface area contributed by atoms with E-state index in [0.29, 0.717) is 23.7 Å². The number of hydrogen-bond donors (Lipinski definition) is 1. The normalized spacial score (nSPS) is 12.9. The summed E-state index contributed by atoms with van der Waals surface area (Å²) < 4.78 is 10.3. The number of aromatic amines is 1. The highest BCUT2D eigenvalue weighted by atomic mass is 16.5. The summed E-state index contributed by atoms with van der Waals surface area (Å²) in [6, 6.07) is 0.512. The molecule has 0 radical (unpaired) electrons. The second-order valence-electron chi connectivity index (χ2n) is 4.20. The number of H-pyrrole nitrogens is 1. The third-order valence-electron chi connectivity index (χ3n) is 2.38.